The molecule has 5 amide bonds. The van der Waals surface area contributed by atoms with Crippen LogP contribution >= 0.6 is 0 Å². The molecule has 0 bridgehead atoms. The highest BCUT2D eigenvalue weighted by Gasteiger charge is 2.50. The normalized spacial score (nSPS) is 14.7. The van der Waals surface area contributed by atoms with Crippen LogP contribution in [0.2, 0.25) is 0 Å². The van der Waals surface area contributed by atoms with E-state index in [4.69, 9.17) is 0 Å². The Morgan fingerprint density at radius 3 is 2.24 bits per heavy atom. The first-order valence-corrected chi connectivity index (χ1v) is 11.2. The summed E-state index contributed by atoms with van der Waals surface area (Å²) in [7, 11) is 0. The Balaban J connectivity index is 1.67. The van der Waals surface area contributed by atoms with E-state index in [0.29, 0.717) is 30.6 Å². The second kappa shape index (κ2) is 10.8. The van der Waals surface area contributed by atoms with Gasteiger partial charge in [-0.2, -0.15) is 0 Å². The van der Waals surface area contributed by atoms with E-state index in [0.717, 1.165) is 23.3 Å². The lowest BCUT2D eigenvalue weighted by atomic mass is 9.88. The number of hydrogen-bond acceptors (Lipinski definition) is 4. The van der Waals surface area contributed by atoms with Crippen molar-refractivity contribution in [2.75, 3.05) is 11.9 Å². The number of imide groups is 1. The zero-order valence-corrected chi connectivity index (χ0v) is 19.0. The summed E-state index contributed by atoms with van der Waals surface area (Å²) in [4.78, 5) is 51.9. The number of benzene rings is 2. The number of nitrogens with one attached hydrogen (secondary N) is 3. The van der Waals surface area contributed by atoms with Gasteiger partial charge < -0.3 is 16.0 Å². The molecule has 0 radical (unpaired) electrons. The molecule has 1 heterocycles. The van der Waals surface area contributed by atoms with Gasteiger partial charge in [-0.15, -0.1) is 0 Å². The largest absolute Gasteiger partial charge is 0.348 e. The van der Waals surface area contributed by atoms with Crippen LogP contribution in [-0.4, -0.2) is 40.7 Å². The summed E-state index contributed by atoms with van der Waals surface area (Å²) < 4.78 is 0. The molecule has 8 nitrogen and oxygen atoms in total. The van der Waals surface area contributed by atoms with Gasteiger partial charge in [0.2, 0.25) is 5.91 Å². The van der Waals surface area contributed by atoms with E-state index in [2.05, 4.69) is 16.0 Å². The maximum atomic E-state index is 13.0. The number of para-hydroxylation sites is 1. The number of urea groups is 1. The van der Waals surface area contributed by atoms with E-state index in [1.54, 1.807) is 24.3 Å². The van der Waals surface area contributed by atoms with Crippen molar-refractivity contribution in [2.24, 2.45) is 0 Å². The highest BCUT2D eigenvalue weighted by molar-refractivity contribution is 6.11. The van der Waals surface area contributed by atoms with Crippen LogP contribution in [0.5, 0.6) is 0 Å². The van der Waals surface area contributed by atoms with Crippen LogP contribution in [0.4, 0.5) is 10.5 Å². The van der Waals surface area contributed by atoms with Gasteiger partial charge in [0.05, 0.1) is 11.3 Å². The second-order valence-corrected chi connectivity index (χ2v) is 8.17. The van der Waals surface area contributed by atoms with Crippen molar-refractivity contribution in [3.8, 4) is 0 Å². The predicted octanol–water partition coefficient (Wildman–Crippen LogP) is 3.45. The molecule has 3 N–H and O–H groups in total. The van der Waals surface area contributed by atoms with Crippen LogP contribution in [0.25, 0.3) is 0 Å². The van der Waals surface area contributed by atoms with Crippen LogP contribution in [-0.2, 0) is 16.1 Å². The summed E-state index contributed by atoms with van der Waals surface area (Å²) in [5.41, 5.74) is 0.614. The number of anilines is 1. The first-order valence-electron chi connectivity index (χ1n) is 11.2. The lowest BCUT2D eigenvalue weighted by Gasteiger charge is -2.25. The van der Waals surface area contributed by atoms with Crippen LogP contribution in [0.3, 0.4) is 0 Å². The van der Waals surface area contributed by atoms with Gasteiger partial charge in [-0.25, -0.2) is 4.79 Å². The van der Waals surface area contributed by atoms with Crippen molar-refractivity contribution >= 4 is 29.4 Å². The highest BCUT2D eigenvalue weighted by atomic mass is 16.2. The molecule has 174 valence electrons. The average Bonchev–Trinajstić information content (AvgIpc) is 3.03. The smallest absolute Gasteiger partial charge is 0.325 e. The Morgan fingerprint density at radius 2 is 1.58 bits per heavy atom. The molecule has 0 aliphatic carbocycles. The van der Waals surface area contributed by atoms with Gasteiger partial charge in [-0.1, -0.05) is 69.2 Å². The minimum Gasteiger partial charge on any atom is -0.348 e. The Labute approximate surface area is 193 Å². The van der Waals surface area contributed by atoms with Gasteiger partial charge in [-0.05, 0) is 30.5 Å². The minimum atomic E-state index is -0.948. The van der Waals surface area contributed by atoms with E-state index < -0.39 is 24.0 Å². The topological polar surface area (TPSA) is 108 Å². The molecule has 2 aromatic carbocycles. The first kappa shape index (κ1) is 24.0. The molecule has 1 fully saturated rings. The first-order chi connectivity index (χ1) is 15.9. The van der Waals surface area contributed by atoms with Gasteiger partial charge in [0, 0.05) is 6.54 Å². The summed E-state index contributed by atoms with van der Waals surface area (Å²) in [6.07, 6.45) is 2.51. The third-order valence-electron chi connectivity index (χ3n) is 5.64. The minimum absolute atomic E-state index is 0.297. The Bertz CT molecular complexity index is 1020. The maximum Gasteiger partial charge on any atom is 0.325 e. The number of hydrogen-bond donors (Lipinski definition) is 3. The number of carbonyl (C=O) groups is 4. The zero-order chi connectivity index (χ0) is 23.8. The predicted molar refractivity (Wildman–Crippen MR) is 125 cm³/mol. The second-order valence-electron chi connectivity index (χ2n) is 8.17. The number of amides is 5. The highest BCUT2D eigenvalue weighted by Crippen LogP contribution is 2.28. The molecule has 2 aromatic rings. The molecular weight excluding hydrogens is 420 g/mol. The van der Waals surface area contributed by atoms with Gasteiger partial charge in [0.25, 0.3) is 11.8 Å². The van der Waals surface area contributed by atoms with Crippen LogP contribution in [0.1, 0.15) is 55.5 Å². The monoisotopic (exact) mass is 450 g/mol. The fourth-order valence-electron chi connectivity index (χ4n) is 4.13. The molecule has 3 rings (SSSR count). The molecule has 0 saturated carbocycles. The van der Waals surface area contributed by atoms with Crippen molar-refractivity contribution in [2.45, 2.75) is 51.6 Å². The molecule has 33 heavy (non-hydrogen) atoms. The van der Waals surface area contributed by atoms with E-state index in [1.807, 2.05) is 44.2 Å². The quantitative estimate of drug-likeness (QED) is 0.482. The number of carbonyl (C=O) groups excluding carboxylic acids is 4. The van der Waals surface area contributed by atoms with Gasteiger partial charge in [0.15, 0.2) is 0 Å². The molecule has 0 aromatic heterocycles. The number of rotatable bonds is 10. The Hall–Kier alpha value is -3.68. The molecular formula is C25H30N4O4. The molecule has 1 aliphatic heterocycles. The van der Waals surface area contributed by atoms with E-state index in [1.165, 1.54) is 0 Å². The molecule has 0 atom stereocenters. The lowest BCUT2D eigenvalue weighted by molar-refractivity contribution is -0.134. The van der Waals surface area contributed by atoms with Crippen LogP contribution < -0.4 is 16.0 Å². The molecule has 1 aliphatic rings. The Kier molecular flexibility index (Phi) is 7.82. The molecule has 8 heteroatoms. The summed E-state index contributed by atoms with van der Waals surface area (Å²) >= 11 is 0. The lowest BCUT2D eigenvalue weighted by Crippen LogP contribution is -2.47. The standard InChI is InChI=1S/C25H30N4O4/c1-3-14-25(15-4-2)23(32)29(24(33)28-25)17-21(30)27-20-13-9-8-12-19(20)22(31)26-16-18-10-6-5-7-11-18/h5-13H,3-4,14-17H2,1-2H3,(H,26,31)(H,27,30)(H,28,33). The van der Waals surface area contributed by atoms with Crippen molar-refractivity contribution < 1.29 is 19.2 Å². The summed E-state index contributed by atoms with van der Waals surface area (Å²) in [6, 6.07) is 15.5. The van der Waals surface area contributed by atoms with Crippen molar-refractivity contribution in [3.63, 3.8) is 0 Å². The molecule has 1 saturated heterocycles. The third-order valence-corrected chi connectivity index (χ3v) is 5.64. The summed E-state index contributed by atoms with van der Waals surface area (Å²) in [5.74, 6) is -1.26. The van der Waals surface area contributed by atoms with Crippen molar-refractivity contribution in [1.82, 2.24) is 15.5 Å². The van der Waals surface area contributed by atoms with E-state index in [-0.39, 0.29) is 11.8 Å². The SMILES string of the molecule is CCCC1(CCC)NC(=O)N(CC(=O)Nc2ccccc2C(=O)NCc2ccccc2)C1=O. The van der Waals surface area contributed by atoms with Crippen molar-refractivity contribution in [1.29, 1.82) is 0 Å². The van der Waals surface area contributed by atoms with Gasteiger partial charge >= 0.3 is 6.03 Å². The van der Waals surface area contributed by atoms with Crippen LogP contribution in [0.15, 0.2) is 54.6 Å². The van der Waals surface area contributed by atoms with Gasteiger partial charge in [-0.3, -0.25) is 19.3 Å². The molecule has 0 spiro atoms. The number of nitrogens with zero attached hydrogens (tertiary/aromatic N) is 1. The van der Waals surface area contributed by atoms with Crippen molar-refractivity contribution in [3.05, 3.63) is 65.7 Å². The van der Waals surface area contributed by atoms with Crippen LogP contribution in [0, 0.1) is 0 Å². The Morgan fingerprint density at radius 1 is 0.939 bits per heavy atom. The fourth-order valence-corrected chi connectivity index (χ4v) is 4.13. The zero-order valence-electron chi connectivity index (χ0n) is 19.0. The maximum absolute atomic E-state index is 13.0. The van der Waals surface area contributed by atoms with Gasteiger partial charge in [0.1, 0.15) is 12.1 Å². The summed E-state index contributed by atoms with van der Waals surface area (Å²) in [5, 5.41) is 8.30. The van der Waals surface area contributed by atoms with E-state index >= 15 is 0 Å². The molecule has 0 unspecified atom stereocenters. The third kappa shape index (κ3) is 5.58. The summed E-state index contributed by atoms with van der Waals surface area (Å²) in [6.45, 7) is 3.83. The average molecular weight is 451 g/mol. The fraction of sp³-hybridized carbons (Fsp3) is 0.360. The van der Waals surface area contributed by atoms with E-state index in [9.17, 15) is 19.2 Å².